The third-order valence-corrected chi connectivity index (χ3v) is 13.9. The summed E-state index contributed by atoms with van der Waals surface area (Å²) in [7, 11) is 5.30. The standard InChI is InChI=1S/C43H82N2O12/c1-16-29(17-2)22-44-33-23(4)20-41(10,50)38(57-40-34(46)30(45(13)14)19-24(5)53-40)26(7)35(56-32-21-42(11,52-15)37(48)28(9)54-32)27(8)39(49)55-31(18-3)43(12,51)36(47)25(33)6/h23-38,40,44,46-48,50-51H,16-22H2,1-15H3/t23-,24?,25+,26+,27-,28?,30?,31-,32?,33+,34?,35+,36-,37?,38-,40?,41-,42?,43-/m1/s1. The van der Waals surface area contributed by atoms with E-state index in [2.05, 4.69) is 19.2 Å². The fourth-order valence-electron chi connectivity index (χ4n) is 9.87. The molecule has 0 aromatic carbocycles. The van der Waals surface area contributed by atoms with Crippen LogP contribution < -0.4 is 5.32 Å². The number of ether oxygens (including phenoxy) is 6. The Balaban J connectivity index is 2.24. The number of nitrogens with zero attached hydrogens (tertiary/aromatic N) is 1. The molecule has 336 valence electrons. The van der Waals surface area contributed by atoms with Crippen LogP contribution in [0.1, 0.15) is 122 Å². The van der Waals surface area contributed by atoms with Crippen LogP contribution in [-0.2, 0) is 33.2 Å². The normalized spacial score (nSPS) is 47.2. The molecular formula is C43H82N2O12. The largest absolute Gasteiger partial charge is 0.459 e. The van der Waals surface area contributed by atoms with Gasteiger partial charge in [-0.25, -0.2) is 0 Å². The zero-order valence-corrected chi connectivity index (χ0v) is 37.8. The molecule has 57 heavy (non-hydrogen) atoms. The third-order valence-electron chi connectivity index (χ3n) is 13.9. The summed E-state index contributed by atoms with van der Waals surface area (Å²) in [6.07, 6.45) is -6.49. The van der Waals surface area contributed by atoms with Crippen molar-refractivity contribution in [3.05, 3.63) is 0 Å². The molecule has 0 aromatic heterocycles. The van der Waals surface area contributed by atoms with Crippen LogP contribution in [0, 0.1) is 29.6 Å². The average molecular weight is 819 g/mol. The summed E-state index contributed by atoms with van der Waals surface area (Å²) < 4.78 is 38.0. The van der Waals surface area contributed by atoms with E-state index in [0.717, 1.165) is 12.8 Å². The van der Waals surface area contributed by atoms with E-state index < -0.39 is 95.8 Å². The van der Waals surface area contributed by atoms with Gasteiger partial charge in [-0.3, -0.25) is 4.79 Å². The Hall–Kier alpha value is -1.01. The van der Waals surface area contributed by atoms with Crippen molar-refractivity contribution < 1.29 is 58.7 Å². The van der Waals surface area contributed by atoms with Gasteiger partial charge < -0.3 is 64.2 Å². The molecule has 3 aliphatic heterocycles. The van der Waals surface area contributed by atoms with E-state index in [1.165, 1.54) is 14.0 Å². The van der Waals surface area contributed by atoms with Gasteiger partial charge in [0.15, 0.2) is 12.6 Å². The molecular weight excluding hydrogens is 736 g/mol. The molecule has 14 heteroatoms. The fraction of sp³-hybridized carbons (Fsp3) is 0.977. The van der Waals surface area contributed by atoms with Crippen LogP contribution in [0.3, 0.4) is 0 Å². The van der Waals surface area contributed by atoms with Gasteiger partial charge in [0.05, 0.1) is 47.6 Å². The average Bonchev–Trinajstić information content (AvgIpc) is 3.14. The first-order chi connectivity index (χ1) is 26.4. The van der Waals surface area contributed by atoms with Gasteiger partial charge in [-0.15, -0.1) is 0 Å². The Morgan fingerprint density at radius 3 is 2.05 bits per heavy atom. The molecule has 0 aliphatic carbocycles. The van der Waals surface area contributed by atoms with E-state index in [9.17, 15) is 30.3 Å². The highest BCUT2D eigenvalue weighted by Crippen LogP contribution is 2.41. The molecule has 0 amide bonds. The molecule has 6 N–H and O–H groups in total. The molecule has 8 unspecified atom stereocenters. The van der Waals surface area contributed by atoms with Crippen LogP contribution >= 0.6 is 0 Å². The lowest BCUT2D eigenvalue weighted by molar-refractivity contribution is -0.318. The summed E-state index contributed by atoms with van der Waals surface area (Å²) in [5, 5.41) is 63.3. The minimum atomic E-state index is -1.83. The molecule has 0 bridgehead atoms. The van der Waals surface area contributed by atoms with Gasteiger partial charge in [-0.2, -0.15) is 0 Å². The van der Waals surface area contributed by atoms with Crippen molar-refractivity contribution in [1.82, 2.24) is 10.2 Å². The maximum Gasteiger partial charge on any atom is 0.311 e. The highest BCUT2D eigenvalue weighted by Gasteiger charge is 2.53. The first-order valence-electron chi connectivity index (χ1n) is 21.7. The van der Waals surface area contributed by atoms with Crippen LogP contribution in [0.25, 0.3) is 0 Å². The van der Waals surface area contributed by atoms with Crippen molar-refractivity contribution in [2.24, 2.45) is 29.6 Å². The quantitative estimate of drug-likeness (QED) is 0.157. The van der Waals surface area contributed by atoms with Crippen LogP contribution in [0.4, 0.5) is 0 Å². The van der Waals surface area contributed by atoms with Crippen molar-refractivity contribution in [2.75, 3.05) is 27.7 Å². The molecule has 19 atom stereocenters. The lowest BCUT2D eigenvalue weighted by atomic mass is 9.72. The predicted molar refractivity (Wildman–Crippen MR) is 217 cm³/mol. The summed E-state index contributed by atoms with van der Waals surface area (Å²) in [6.45, 7) is 22.8. The summed E-state index contributed by atoms with van der Waals surface area (Å²) in [4.78, 5) is 16.3. The number of methoxy groups -OCH3 is 1. The first-order valence-corrected chi connectivity index (χ1v) is 21.7. The zero-order valence-electron chi connectivity index (χ0n) is 37.8. The summed E-state index contributed by atoms with van der Waals surface area (Å²) in [6, 6.07) is -0.672. The Morgan fingerprint density at radius 2 is 1.51 bits per heavy atom. The molecule has 3 aliphatic rings. The van der Waals surface area contributed by atoms with E-state index >= 15 is 0 Å². The highest BCUT2D eigenvalue weighted by atomic mass is 16.7. The topological polar surface area (TPSA) is 189 Å². The maximum atomic E-state index is 14.4. The lowest BCUT2D eigenvalue weighted by Gasteiger charge is -2.50. The highest BCUT2D eigenvalue weighted by molar-refractivity contribution is 5.73. The number of esters is 1. The Labute approximate surface area is 343 Å². The zero-order chi connectivity index (χ0) is 43.4. The van der Waals surface area contributed by atoms with Gasteiger partial charge in [0.25, 0.3) is 0 Å². The summed E-state index contributed by atoms with van der Waals surface area (Å²) >= 11 is 0. The molecule has 3 saturated heterocycles. The Kier molecular flexibility index (Phi) is 18.3. The molecule has 3 rings (SSSR count). The number of rotatable bonds is 12. The number of aliphatic hydroxyl groups excluding tert-OH is 3. The summed E-state index contributed by atoms with van der Waals surface area (Å²) in [5.74, 6) is -2.91. The number of nitrogens with one attached hydrogen (secondary N) is 1. The van der Waals surface area contributed by atoms with Gasteiger partial charge in [0, 0.05) is 37.5 Å². The number of likely N-dealkylation sites (N-methyl/N-ethyl adjacent to an activating group) is 1. The molecule has 3 heterocycles. The number of carbonyl (C=O) groups is 1. The van der Waals surface area contributed by atoms with Crippen LogP contribution in [0.2, 0.25) is 0 Å². The second-order valence-corrected chi connectivity index (χ2v) is 18.8. The van der Waals surface area contributed by atoms with E-state index in [4.69, 9.17) is 28.4 Å². The number of carbonyl (C=O) groups excluding carboxylic acids is 1. The van der Waals surface area contributed by atoms with E-state index in [0.29, 0.717) is 18.9 Å². The molecule has 0 spiro atoms. The number of hydrogen-bond donors (Lipinski definition) is 6. The Morgan fingerprint density at radius 1 is 0.895 bits per heavy atom. The van der Waals surface area contributed by atoms with Gasteiger partial charge >= 0.3 is 5.97 Å². The fourth-order valence-corrected chi connectivity index (χ4v) is 9.87. The minimum absolute atomic E-state index is 0.131. The van der Waals surface area contributed by atoms with Crippen molar-refractivity contribution in [3.8, 4) is 0 Å². The van der Waals surface area contributed by atoms with E-state index in [1.807, 2.05) is 46.7 Å². The monoisotopic (exact) mass is 819 g/mol. The minimum Gasteiger partial charge on any atom is -0.459 e. The van der Waals surface area contributed by atoms with Crippen molar-refractivity contribution in [2.45, 2.75) is 212 Å². The van der Waals surface area contributed by atoms with E-state index in [1.54, 1.807) is 34.6 Å². The van der Waals surface area contributed by atoms with Crippen molar-refractivity contribution in [1.29, 1.82) is 0 Å². The number of hydrogen-bond acceptors (Lipinski definition) is 14. The lowest BCUT2D eigenvalue weighted by Crippen LogP contribution is -2.62. The van der Waals surface area contributed by atoms with Crippen LogP contribution in [0.15, 0.2) is 0 Å². The predicted octanol–water partition coefficient (Wildman–Crippen LogP) is 3.61. The van der Waals surface area contributed by atoms with Crippen LogP contribution in [-0.4, -0.2) is 154 Å². The first kappa shape index (κ1) is 50.3. The van der Waals surface area contributed by atoms with Gasteiger partial charge in [-0.05, 0) is 93.3 Å². The van der Waals surface area contributed by atoms with E-state index in [-0.39, 0.29) is 43.4 Å². The smallest absolute Gasteiger partial charge is 0.311 e. The second kappa shape index (κ2) is 20.7. The SMILES string of the molecule is CCC(CC)CN[C@@H]1[C@H](C)[C@@H](O)[C@](C)(O)[C@@H](CC)OC(=O)[C@H](C)[C@@H](OC2CC(C)(OC)C(O)C(C)O2)[C@H](C)[C@@H](OC2OC(C)CC(N(C)C)C2O)[C@](C)(O)C[C@H]1C. The molecule has 0 aromatic rings. The van der Waals surface area contributed by atoms with Crippen molar-refractivity contribution in [3.63, 3.8) is 0 Å². The number of aliphatic hydroxyl groups is 5. The maximum absolute atomic E-state index is 14.4. The second-order valence-electron chi connectivity index (χ2n) is 18.8. The molecule has 0 radical (unpaired) electrons. The molecule has 0 saturated carbocycles. The van der Waals surface area contributed by atoms with Gasteiger partial charge in [0.2, 0.25) is 0 Å². The third kappa shape index (κ3) is 11.7. The Bertz CT molecular complexity index is 1240. The summed E-state index contributed by atoms with van der Waals surface area (Å²) in [5.41, 5.74) is -4.48. The molecule has 3 fully saturated rings. The van der Waals surface area contributed by atoms with Crippen molar-refractivity contribution >= 4 is 5.97 Å². The van der Waals surface area contributed by atoms with Gasteiger partial charge in [-0.1, -0.05) is 54.4 Å². The van der Waals surface area contributed by atoms with Crippen LogP contribution in [0.5, 0.6) is 0 Å². The molecule has 14 nitrogen and oxygen atoms in total. The van der Waals surface area contributed by atoms with Gasteiger partial charge in [0.1, 0.15) is 23.9 Å². The number of cyclic esters (lactones) is 1.